The van der Waals surface area contributed by atoms with Gasteiger partial charge in [-0.1, -0.05) is 104 Å². The van der Waals surface area contributed by atoms with Crippen molar-refractivity contribution in [3.63, 3.8) is 0 Å². The number of amides is 1. The number of carboxylic acid groups (broad SMARTS) is 1. The average molecular weight is 468 g/mol. The molecule has 2 aliphatic rings. The number of hydrogen-bond acceptors (Lipinski definition) is 3. The Hall–Kier alpha value is -3.73. The Bertz CT molecular complexity index is 1190. The van der Waals surface area contributed by atoms with E-state index in [4.69, 9.17) is 0 Å². The number of ketones is 1. The molecule has 1 saturated carbocycles. The number of carbonyl (C=O) groups is 3. The number of Topliss-reactive ketones (excluding diaryl/α,β-unsaturated/α-hetero) is 1. The molecule has 0 radical (unpaired) electrons. The summed E-state index contributed by atoms with van der Waals surface area (Å²) in [5, 5.41) is 10.5. The zero-order valence-corrected chi connectivity index (χ0v) is 19.5. The van der Waals surface area contributed by atoms with E-state index in [0.29, 0.717) is 5.56 Å². The van der Waals surface area contributed by atoms with Crippen LogP contribution in [-0.4, -0.2) is 33.7 Å². The van der Waals surface area contributed by atoms with Gasteiger partial charge in [0.1, 0.15) is 6.04 Å². The normalized spacial score (nSPS) is 24.4. The van der Waals surface area contributed by atoms with Gasteiger partial charge >= 0.3 is 5.97 Å². The molecule has 4 unspecified atom stereocenters. The molecule has 35 heavy (non-hydrogen) atoms. The van der Waals surface area contributed by atoms with E-state index in [1.807, 2.05) is 78.9 Å². The molecule has 1 heterocycles. The van der Waals surface area contributed by atoms with Crippen molar-refractivity contribution in [2.75, 3.05) is 0 Å². The molecule has 178 valence electrons. The van der Waals surface area contributed by atoms with Gasteiger partial charge in [0.05, 0.1) is 12.0 Å². The second-order valence-corrected chi connectivity index (χ2v) is 9.56. The molecule has 5 nitrogen and oxygen atoms in total. The van der Waals surface area contributed by atoms with Gasteiger partial charge in [0, 0.05) is 17.4 Å². The van der Waals surface area contributed by atoms with Crippen molar-refractivity contribution < 1.29 is 19.5 Å². The van der Waals surface area contributed by atoms with Crippen LogP contribution in [0.2, 0.25) is 0 Å². The van der Waals surface area contributed by atoms with Crippen LogP contribution < -0.4 is 0 Å². The topological polar surface area (TPSA) is 74.7 Å². The summed E-state index contributed by atoms with van der Waals surface area (Å²) in [5.74, 6) is -2.96. The number of aliphatic carboxylic acids is 1. The first-order valence-corrected chi connectivity index (χ1v) is 12.3. The molecule has 1 N–H and O–H groups in total. The molecule has 1 amide bonds. The fourth-order valence-corrected chi connectivity index (χ4v) is 6.03. The third-order valence-corrected chi connectivity index (χ3v) is 7.57. The van der Waals surface area contributed by atoms with Crippen molar-refractivity contribution in [1.82, 2.24) is 4.90 Å². The van der Waals surface area contributed by atoms with Gasteiger partial charge in [-0.25, -0.2) is 4.79 Å². The second kappa shape index (κ2) is 9.87. The maximum Gasteiger partial charge on any atom is 0.327 e. The highest BCUT2D eigenvalue weighted by atomic mass is 16.4. The highest BCUT2D eigenvalue weighted by molar-refractivity contribution is 6.01. The third kappa shape index (κ3) is 4.27. The Labute approximate surface area is 205 Å². The first-order chi connectivity index (χ1) is 17.1. The predicted molar refractivity (Wildman–Crippen MR) is 133 cm³/mol. The maximum atomic E-state index is 14.1. The van der Waals surface area contributed by atoms with Crippen LogP contribution in [-0.2, 0) is 9.59 Å². The lowest BCUT2D eigenvalue weighted by molar-refractivity contribution is -0.152. The van der Waals surface area contributed by atoms with Crippen molar-refractivity contribution >= 4 is 17.7 Å². The Kier molecular flexibility index (Phi) is 6.49. The molecule has 0 bridgehead atoms. The van der Waals surface area contributed by atoms with Gasteiger partial charge in [0.2, 0.25) is 5.91 Å². The minimum absolute atomic E-state index is 0.138. The lowest BCUT2D eigenvalue weighted by atomic mass is 9.76. The van der Waals surface area contributed by atoms with Gasteiger partial charge in [0.15, 0.2) is 5.78 Å². The smallest absolute Gasteiger partial charge is 0.327 e. The van der Waals surface area contributed by atoms with Gasteiger partial charge in [0.25, 0.3) is 0 Å². The number of carbonyl (C=O) groups excluding carboxylic acids is 2. The average Bonchev–Trinajstić information content (AvgIpc) is 3.56. The Balaban J connectivity index is 1.73. The van der Waals surface area contributed by atoms with E-state index < -0.39 is 29.9 Å². The molecule has 3 aromatic carbocycles. The first-order valence-electron chi connectivity index (χ1n) is 12.3. The molecular weight excluding hydrogens is 438 g/mol. The van der Waals surface area contributed by atoms with Crippen molar-refractivity contribution in [2.45, 2.75) is 43.7 Å². The number of benzene rings is 3. The molecule has 5 rings (SSSR count). The van der Waals surface area contributed by atoms with E-state index >= 15 is 0 Å². The van der Waals surface area contributed by atoms with Crippen molar-refractivity contribution in [1.29, 1.82) is 0 Å². The highest BCUT2D eigenvalue weighted by Crippen LogP contribution is 2.52. The van der Waals surface area contributed by atoms with Gasteiger partial charge in [-0.15, -0.1) is 0 Å². The zero-order chi connectivity index (χ0) is 24.4. The molecule has 3 aromatic rings. The zero-order valence-electron chi connectivity index (χ0n) is 19.5. The fraction of sp³-hybridized carbons (Fsp3) is 0.300. The van der Waals surface area contributed by atoms with Crippen LogP contribution in [0.3, 0.4) is 0 Å². The number of likely N-dealkylation sites (tertiary alicyclic amines) is 1. The number of carboxylic acids is 1. The molecular formula is C30H29NO4. The lowest BCUT2D eigenvalue weighted by Gasteiger charge is -2.32. The predicted octanol–water partition coefficient (Wildman–Crippen LogP) is 5.50. The number of hydrogen-bond donors (Lipinski definition) is 1. The minimum atomic E-state index is -1.13. The maximum absolute atomic E-state index is 14.1. The molecule has 1 aliphatic carbocycles. The molecule has 0 spiro atoms. The van der Waals surface area contributed by atoms with E-state index in [1.165, 1.54) is 0 Å². The summed E-state index contributed by atoms with van der Waals surface area (Å²) in [6, 6.07) is 26.0. The molecule has 5 heteroatoms. The molecule has 4 atom stereocenters. The van der Waals surface area contributed by atoms with Crippen LogP contribution in [0.1, 0.15) is 59.1 Å². The third-order valence-electron chi connectivity index (χ3n) is 7.57. The highest BCUT2D eigenvalue weighted by Gasteiger charge is 2.58. The Morgan fingerprint density at radius 3 is 1.77 bits per heavy atom. The summed E-state index contributed by atoms with van der Waals surface area (Å²) >= 11 is 0. The summed E-state index contributed by atoms with van der Waals surface area (Å²) in [5.41, 5.74) is 2.08. The fourth-order valence-electron chi connectivity index (χ4n) is 6.03. The Morgan fingerprint density at radius 2 is 1.23 bits per heavy atom. The standard InChI is InChI=1S/C30H29NO4/c32-28(22-16-8-3-9-17-22)25-24(20-12-4-1-5-13-20)27(30(34)35)31(29(33)23-18-10-11-19-23)26(25)21-14-6-2-7-15-21/h1-9,12-17,23-27H,10-11,18-19H2,(H,34,35). The number of rotatable bonds is 6. The summed E-state index contributed by atoms with van der Waals surface area (Å²) in [6.45, 7) is 0. The van der Waals surface area contributed by atoms with Gasteiger partial charge in [-0.2, -0.15) is 0 Å². The van der Waals surface area contributed by atoms with E-state index in [1.54, 1.807) is 17.0 Å². The van der Waals surface area contributed by atoms with Crippen molar-refractivity contribution in [2.24, 2.45) is 11.8 Å². The molecule has 1 aliphatic heterocycles. The molecule has 2 fully saturated rings. The largest absolute Gasteiger partial charge is 0.480 e. The van der Waals surface area contributed by atoms with Crippen LogP contribution >= 0.6 is 0 Å². The van der Waals surface area contributed by atoms with E-state index in [0.717, 1.165) is 36.8 Å². The summed E-state index contributed by atoms with van der Waals surface area (Å²) in [7, 11) is 0. The summed E-state index contributed by atoms with van der Waals surface area (Å²) < 4.78 is 0. The van der Waals surface area contributed by atoms with Crippen LogP contribution in [0.25, 0.3) is 0 Å². The summed E-state index contributed by atoms with van der Waals surface area (Å²) in [6.07, 6.45) is 3.45. The Morgan fingerprint density at radius 1 is 0.714 bits per heavy atom. The molecule has 1 saturated heterocycles. The van der Waals surface area contributed by atoms with Crippen LogP contribution in [0.5, 0.6) is 0 Å². The van der Waals surface area contributed by atoms with Gasteiger partial charge in [-0.05, 0) is 24.0 Å². The van der Waals surface area contributed by atoms with E-state index in [2.05, 4.69) is 0 Å². The van der Waals surface area contributed by atoms with Gasteiger partial charge in [-0.3, -0.25) is 9.59 Å². The second-order valence-electron chi connectivity index (χ2n) is 9.56. The number of nitrogens with zero attached hydrogens (tertiary/aromatic N) is 1. The van der Waals surface area contributed by atoms with E-state index in [9.17, 15) is 19.5 Å². The lowest BCUT2D eigenvalue weighted by Crippen LogP contribution is -2.46. The van der Waals surface area contributed by atoms with Crippen molar-refractivity contribution in [3.05, 3.63) is 108 Å². The molecule has 0 aromatic heterocycles. The quantitative estimate of drug-likeness (QED) is 0.486. The summed E-state index contributed by atoms with van der Waals surface area (Å²) in [4.78, 5) is 42.6. The van der Waals surface area contributed by atoms with Crippen LogP contribution in [0, 0.1) is 11.8 Å². The van der Waals surface area contributed by atoms with Gasteiger partial charge < -0.3 is 10.0 Å². The van der Waals surface area contributed by atoms with Crippen molar-refractivity contribution in [3.8, 4) is 0 Å². The SMILES string of the molecule is O=C(c1ccccc1)C1C(c2ccccc2)C(C(=O)O)N(C(=O)C2CCCC2)C1c1ccccc1. The van der Waals surface area contributed by atoms with Crippen LogP contribution in [0.15, 0.2) is 91.0 Å². The van der Waals surface area contributed by atoms with E-state index in [-0.39, 0.29) is 17.6 Å². The first kappa shape index (κ1) is 23.0. The minimum Gasteiger partial charge on any atom is -0.480 e. The monoisotopic (exact) mass is 467 g/mol. The van der Waals surface area contributed by atoms with Crippen LogP contribution in [0.4, 0.5) is 0 Å².